The molecule has 15 heteroatoms. The second kappa shape index (κ2) is 10.4. The predicted octanol–water partition coefficient (Wildman–Crippen LogP) is 4.19. The number of pyridine rings is 1. The van der Waals surface area contributed by atoms with Crippen molar-refractivity contribution < 1.29 is 45.1 Å². The summed E-state index contributed by atoms with van der Waals surface area (Å²) in [6.45, 7) is 0.0303. The smallest absolute Gasteiger partial charge is 0.381 e. The van der Waals surface area contributed by atoms with E-state index in [1.807, 2.05) is 0 Å². The molecule has 3 rings (SSSR count). The summed E-state index contributed by atoms with van der Waals surface area (Å²) in [4.78, 5) is 16.7. The summed E-state index contributed by atoms with van der Waals surface area (Å²) >= 11 is 0.818. The van der Waals surface area contributed by atoms with Gasteiger partial charge in [0.2, 0.25) is 9.84 Å². The molecule has 1 amide bonds. The molecule has 0 unspecified atom stereocenters. The van der Waals surface area contributed by atoms with E-state index in [1.54, 1.807) is 0 Å². The number of carbonyl (C=O) groups excluding carboxylic acids is 1. The number of nitrogens with zero attached hydrogens (tertiary/aromatic N) is 1. The maximum absolute atomic E-state index is 13.3. The molecule has 2 aromatic rings. The second-order valence-corrected chi connectivity index (χ2v) is 11.0. The van der Waals surface area contributed by atoms with Crippen molar-refractivity contribution in [3.05, 3.63) is 36.0 Å². The molecule has 0 radical (unpaired) electrons. The molecule has 1 saturated heterocycles. The molecule has 0 atom stereocenters. The number of halogens is 6. The molecule has 1 fully saturated rings. The summed E-state index contributed by atoms with van der Waals surface area (Å²) in [5.74, 6) is -5.87. The first-order chi connectivity index (χ1) is 15.3. The van der Waals surface area contributed by atoms with Crippen LogP contribution < -0.4 is 5.48 Å². The first-order valence-corrected chi connectivity index (χ1v) is 11.9. The zero-order valence-corrected chi connectivity index (χ0v) is 19.7. The highest BCUT2D eigenvalue weighted by molar-refractivity contribution is 7.95. The lowest BCUT2D eigenvalue weighted by molar-refractivity contribution is -0.284. The normalized spacial score (nSPS) is 16.5. The average Bonchev–Trinajstić information content (AvgIpc) is 3.28. The van der Waals surface area contributed by atoms with Crippen molar-refractivity contribution in [3.63, 3.8) is 0 Å². The predicted molar refractivity (Wildman–Crippen MR) is 114 cm³/mol. The van der Waals surface area contributed by atoms with Gasteiger partial charge >= 0.3 is 12.1 Å². The van der Waals surface area contributed by atoms with E-state index in [9.17, 15) is 35.2 Å². The van der Waals surface area contributed by atoms with Gasteiger partial charge in [-0.15, -0.1) is 23.7 Å². The van der Waals surface area contributed by atoms with Crippen LogP contribution in [0.4, 0.5) is 22.0 Å². The highest BCUT2D eigenvalue weighted by Gasteiger charge is 2.56. The van der Waals surface area contributed by atoms with Crippen LogP contribution >= 0.6 is 23.7 Å². The van der Waals surface area contributed by atoms with Gasteiger partial charge in [0.1, 0.15) is 4.21 Å². The Morgan fingerprint density at radius 2 is 1.79 bits per heavy atom. The molecule has 3 heterocycles. The molecule has 0 saturated carbocycles. The summed E-state index contributed by atoms with van der Waals surface area (Å²) in [5.41, 5.74) is 1.86. The van der Waals surface area contributed by atoms with Crippen LogP contribution in [0.2, 0.25) is 0 Å². The van der Waals surface area contributed by atoms with Crippen molar-refractivity contribution in [2.75, 3.05) is 13.2 Å². The molecular weight excluding hydrogens is 531 g/mol. The number of nitrogens with one attached hydrogen (secondary N) is 1. The lowest BCUT2D eigenvalue weighted by atomic mass is 9.98. The fraction of sp³-hybridized carbons (Fsp3) is 0.474. The van der Waals surface area contributed by atoms with Gasteiger partial charge in [0.05, 0.1) is 10.6 Å². The first kappa shape index (κ1) is 28.4. The molecule has 0 aliphatic carbocycles. The Hall–Kier alpha value is -1.87. The molecule has 1 aliphatic heterocycles. The number of carbonyl (C=O) groups is 1. The van der Waals surface area contributed by atoms with Crippen LogP contribution in [-0.4, -0.2) is 54.6 Å². The Bertz CT molecular complexity index is 1100. The van der Waals surface area contributed by atoms with Gasteiger partial charge in [-0.1, -0.05) is 6.07 Å². The zero-order chi connectivity index (χ0) is 24.5. The molecule has 0 spiro atoms. The Labute approximate surface area is 201 Å². The van der Waals surface area contributed by atoms with Crippen LogP contribution in [0.25, 0.3) is 10.6 Å². The van der Waals surface area contributed by atoms with Crippen molar-refractivity contribution in [3.8, 4) is 10.6 Å². The number of rotatable bonds is 7. The molecular formula is C19H20ClF5N2O5S2. The minimum Gasteiger partial charge on any atom is -0.381 e. The summed E-state index contributed by atoms with van der Waals surface area (Å²) in [5, 5.41) is 9.09. The molecule has 34 heavy (non-hydrogen) atoms. The maximum Gasteiger partial charge on any atom is 0.453 e. The Morgan fingerprint density at radius 3 is 2.32 bits per heavy atom. The van der Waals surface area contributed by atoms with Crippen molar-refractivity contribution >= 4 is 39.5 Å². The Balaban J connectivity index is 0.00000408. The van der Waals surface area contributed by atoms with E-state index in [0.29, 0.717) is 4.88 Å². The molecule has 0 aromatic carbocycles. The van der Waals surface area contributed by atoms with Gasteiger partial charge < -0.3 is 4.74 Å². The quantitative estimate of drug-likeness (QED) is 0.304. The van der Waals surface area contributed by atoms with Gasteiger partial charge in [-0.25, -0.2) is 13.9 Å². The number of hydrogen-bond acceptors (Lipinski definition) is 7. The monoisotopic (exact) mass is 550 g/mol. The largest absolute Gasteiger partial charge is 0.453 e. The lowest BCUT2D eigenvalue weighted by Gasteiger charge is -2.33. The van der Waals surface area contributed by atoms with Crippen molar-refractivity contribution in [2.45, 2.75) is 46.7 Å². The van der Waals surface area contributed by atoms with Crippen molar-refractivity contribution in [1.82, 2.24) is 10.5 Å². The molecule has 0 bridgehead atoms. The van der Waals surface area contributed by atoms with Gasteiger partial charge in [0.15, 0.2) is 4.75 Å². The minimum atomic E-state index is -5.63. The van der Waals surface area contributed by atoms with Gasteiger partial charge in [-0.3, -0.25) is 15.0 Å². The van der Waals surface area contributed by atoms with Crippen LogP contribution in [-0.2, 0) is 25.8 Å². The van der Waals surface area contributed by atoms with E-state index in [-0.39, 0.29) is 53.9 Å². The number of aryl methyl sites for hydroxylation is 1. The first-order valence-electron chi connectivity index (χ1n) is 9.61. The van der Waals surface area contributed by atoms with Crippen LogP contribution in [0.5, 0.6) is 0 Å². The third kappa shape index (κ3) is 5.35. The number of ether oxygens (including phenoxy) is 1. The van der Waals surface area contributed by atoms with E-state index in [1.165, 1.54) is 29.7 Å². The minimum absolute atomic E-state index is 0. The number of aromatic nitrogens is 1. The lowest BCUT2D eigenvalue weighted by Crippen LogP contribution is -2.54. The van der Waals surface area contributed by atoms with E-state index < -0.39 is 45.4 Å². The third-order valence-electron chi connectivity index (χ3n) is 5.40. The zero-order valence-electron chi connectivity index (χ0n) is 17.3. The van der Waals surface area contributed by atoms with Crippen molar-refractivity contribution in [1.29, 1.82) is 0 Å². The van der Waals surface area contributed by atoms with Gasteiger partial charge in [-0.05, 0) is 43.0 Å². The fourth-order valence-corrected chi connectivity index (χ4v) is 6.90. The van der Waals surface area contributed by atoms with Crippen LogP contribution in [0.1, 0.15) is 24.8 Å². The molecule has 2 aromatic heterocycles. The van der Waals surface area contributed by atoms with Crippen LogP contribution in [0.3, 0.4) is 0 Å². The number of amides is 1. The summed E-state index contributed by atoms with van der Waals surface area (Å²) < 4.78 is 92.7. The SMILES string of the molecule is Cl.O=C(NO)C1(S(=O)(=O)c2ccc(-c3ccc(CCC(F)(F)C(F)(F)F)cn3)s2)CCOCC1. The van der Waals surface area contributed by atoms with E-state index >= 15 is 0 Å². The standard InChI is InChI=1S/C19H19F5N2O5S2.ClH/c20-18(21,19(22,23)24)6-5-12-1-2-13(25-11-12)14-3-4-15(32-14)33(29,30)17(16(27)26-28)7-9-31-10-8-17;/h1-4,11,28H,5-10H2,(H,26,27);1H. The molecule has 1 aliphatic rings. The van der Waals surface area contributed by atoms with Crippen molar-refractivity contribution in [2.24, 2.45) is 0 Å². The highest BCUT2D eigenvalue weighted by Crippen LogP contribution is 2.41. The van der Waals surface area contributed by atoms with E-state index in [0.717, 1.165) is 17.5 Å². The Kier molecular flexibility index (Phi) is 8.68. The fourth-order valence-electron chi connectivity index (χ4n) is 3.38. The average molecular weight is 551 g/mol. The summed E-state index contributed by atoms with van der Waals surface area (Å²) in [7, 11) is -4.22. The van der Waals surface area contributed by atoms with E-state index in [4.69, 9.17) is 9.94 Å². The maximum atomic E-state index is 13.3. The summed E-state index contributed by atoms with van der Waals surface area (Å²) in [6.07, 6.45) is -6.75. The number of alkyl halides is 5. The number of hydrogen-bond donors (Lipinski definition) is 2. The van der Waals surface area contributed by atoms with E-state index in [2.05, 4.69) is 4.98 Å². The second-order valence-electron chi connectivity index (χ2n) is 7.42. The number of thiophene rings is 1. The molecule has 2 N–H and O–H groups in total. The number of hydroxylamine groups is 1. The van der Waals surface area contributed by atoms with Crippen LogP contribution in [0.15, 0.2) is 34.7 Å². The third-order valence-corrected chi connectivity index (χ3v) is 9.49. The molecule has 7 nitrogen and oxygen atoms in total. The van der Waals surface area contributed by atoms with Crippen LogP contribution in [0, 0.1) is 0 Å². The molecule has 190 valence electrons. The Morgan fingerprint density at radius 1 is 1.15 bits per heavy atom. The van der Waals surface area contributed by atoms with Gasteiger partial charge in [0.25, 0.3) is 5.91 Å². The van der Waals surface area contributed by atoms with Gasteiger partial charge in [-0.2, -0.15) is 22.0 Å². The number of sulfone groups is 1. The van der Waals surface area contributed by atoms with Gasteiger partial charge in [0, 0.05) is 25.8 Å². The highest BCUT2D eigenvalue weighted by atomic mass is 35.5. The topological polar surface area (TPSA) is 106 Å². The summed E-state index contributed by atoms with van der Waals surface area (Å²) in [6, 6.07) is 5.45.